The minimum absolute atomic E-state index is 0.0451. The lowest BCUT2D eigenvalue weighted by atomic mass is 9.85. The molecule has 3 fully saturated rings. The highest BCUT2D eigenvalue weighted by atomic mass is 16.2. The van der Waals surface area contributed by atoms with Crippen LogP contribution in [-0.2, 0) is 9.59 Å². The molecule has 4 atom stereocenters. The van der Waals surface area contributed by atoms with Gasteiger partial charge in [-0.15, -0.1) is 0 Å². The van der Waals surface area contributed by atoms with Crippen molar-refractivity contribution in [3.8, 4) is 0 Å². The normalized spacial score (nSPS) is 34.8. The highest BCUT2D eigenvalue weighted by molar-refractivity contribution is 6.06. The molecule has 2 saturated carbocycles. The van der Waals surface area contributed by atoms with E-state index in [1.807, 2.05) is 0 Å². The molecule has 0 aromatic carbocycles. The van der Waals surface area contributed by atoms with Gasteiger partial charge in [0.1, 0.15) is 0 Å². The molecule has 1 saturated heterocycles. The Morgan fingerprint density at radius 1 is 1.04 bits per heavy atom. The van der Waals surface area contributed by atoms with Crippen LogP contribution in [0.3, 0.4) is 0 Å². The van der Waals surface area contributed by atoms with Crippen molar-refractivity contribution in [3.05, 3.63) is 12.2 Å². The van der Waals surface area contributed by atoms with Crippen LogP contribution >= 0.6 is 0 Å². The van der Waals surface area contributed by atoms with Gasteiger partial charge in [-0.2, -0.15) is 0 Å². The average molecular weight is 331 g/mol. The Kier molecular flexibility index (Phi) is 4.06. The van der Waals surface area contributed by atoms with Crippen molar-refractivity contribution in [1.29, 1.82) is 0 Å². The van der Waals surface area contributed by atoms with E-state index in [4.69, 9.17) is 0 Å². The number of hydrogen-bond acceptors (Lipinski definition) is 3. The highest BCUT2D eigenvalue weighted by Crippen LogP contribution is 2.52. The lowest BCUT2D eigenvalue weighted by molar-refractivity contribution is -0.140. The third-order valence-electron chi connectivity index (χ3n) is 6.12. The summed E-state index contributed by atoms with van der Waals surface area (Å²) in [4.78, 5) is 38.3. The number of imide groups is 1. The van der Waals surface area contributed by atoms with E-state index in [1.54, 1.807) is 0 Å². The van der Waals surface area contributed by atoms with Crippen LogP contribution in [-0.4, -0.2) is 41.9 Å². The van der Waals surface area contributed by atoms with Crippen LogP contribution in [0.5, 0.6) is 0 Å². The van der Waals surface area contributed by atoms with Crippen molar-refractivity contribution in [1.82, 2.24) is 15.5 Å². The van der Waals surface area contributed by atoms with Gasteiger partial charge in [-0.25, -0.2) is 4.79 Å². The largest absolute Gasteiger partial charge is 0.336 e. The van der Waals surface area contributed by atoms with Gasteiger partial charge in [0.15, 0.2) is 0 Å². The van der Waals surface area contributed by atoms with Gasteiger partial charge in [-0.05, 0) is 31.1 Å². The first kappa shape index (κ1) is 15.7. The van der Waals surface area contributed by atoms with Gasteiger partial charge < -0.3 is 10.6 Å². The first-order valence-corrected chi connectivity index (χ1v) is 9.23. The number of likely N-dealkylation sites (tertiary alicyclic amines) is 1. The Bertz CT molecular complexity index is 552. The standard InChI is InChI=1S/C18H25N3O3/c22-16-14-11-6-7-12(10-11)15(14)17(23)21(16)9-8-19-18(24)20-13-4-2-1-3-5-13/h6-7,11-15H,1-5,8-10H2,(H2,19,20,24). The summed E-state index contributed by atoms with van der Waals surface area (Å²) in [5.74, 6) is 0.0906. The van der Waals surface area contributed by atoms with Gasteiger partial charge in [0, 0.05) is 19.1 Å². The first-order valence-electron chi connectivity index (χ1n) is 9.23. The quantitative estimate of drug-likeness (QED) is 0.604. The number of nitrogens with one attached hydrogen (secondary N) is 2. The van der Waals surface area contributed by atoms with Gasteiger partial charge in [0.25, 0.3) is 0 Å². The average Bonchev–Trinajstić information content (AvgIpc) is 3.25. The number of fused-ring (bicyclic) bond motifs is 5. The van der Waals surface area contributed by atoms with Crippen molar-refractivity contribution in [2.75, 3.05) is 13.1 Å². The smallest absolute Gasteiger partial charge is 0.315 e. The maximum absolute atomic E-state index is 12.5. The minimum Gasteiger partial charge on any atom is -0.336 e. The monoisotopic (exact) mass is 331 g/mol. The molecule has 1 heterocycles. The zero-order valence-corrected chi connectivity index (χ0v) is 13.9. The van der Waals surface area contributed by atoms with Gasteiger partial charge >= 0.3 is 6.03 Å². The Morgan fingerprint density at radius 3 is 2.29 bits per heavy atom. The maximum atomic E-state index is 12.5. The molecule has 0 radical (unpaired) electrons. The number of rotatable bonds is 4. The van der Waals surface area contributed by atoms with E-state index < -0.39 is 0 Å². The topological polar surface area (TPSA) is 78.5 Å². The number of nitrogens with zero attached hydrogens (tertiary/aromatic N) is 1. The summed E-state index contributed by atoms with van der Waals surface area (Å²) in [7, 11) is 0. The van der Waals surface area contributed by atoms with Crippen molar-refractivity contribution in [2.45, 2.75) is 44.6 Å². The SMILES string of the molecule is O=C(NCCN1C(=O)C2C3C=CC(C3)C2C1=O)NC1CCCCC1. The van der Waals surface area contributed by atoms with Gasteiger partial charge in [0.2, 0.25) is 11.8 Å². The summed E-state index contributed by atoms with van der Waals surface area (Å²) in [5, 5.41) is 5.77. The molecule has 2 bridgehead atoms. The second-order valence-electron chi connectivity index (χ2n) is 7.56. The fourth-order valence-electron chi connectivity index (χ4n) is 4.95. The Hall–Kier alpha value is -1.85. The molecule has 1 aliphatic heterocycles. The van der Waals surface area contributed by atoms with Crippen LogP contribution in [0.15, 0.2) is 12.2 Å². The number of amides is 4. The zero-order valence-electron chi connectivity index (χ0n) is 13.9. The molecule has 6 heteroatoms. The molecule has 0 aromatic rings. The fraction of sp³-hybridized carbons (Fsp3) is 0.722. The van der Waals surface area contributed by atoms with E-state index in [0.717, 1.165) is 19.3 Å². The molecule has 4 amide bonds. The summed E-state index contributed by atoms with van der Waals surface area (Å²) < 4.78 is 0. The number of allylic oxidation sites excluding steroid dienone is 2. The lowest BCUT2D eigenvalue weighted by Crippen LogP contribution is -2.46. The molecule has 4 unspecified atom stereocenters. The molecule has 24 heavy (non-hydrogen) atoms. The number of urea groups is 1. The molecule has 0 aromatic heterocycles. The van der Waals surface area contributed by atoms with E-state index in [2.05, 4.69) is 22.8 Å². The van der Waals surface area contributed by atoms with Gasteiger partial charge in [-0.3, -0.25) is 14.5 Å². The number of hydrogen-bond donors (Lipinski definition) is 2. The molecule has 0 spiro atoms. The summed E-state index contributed by atoms with van der Waals surface area (Å²) >= 11 is 0. The van der Waals surface area contributed by atoms with Crippen molar-refractivity contribution in [2.24, 2.45) is 23.7 Å². The Balaban J connectivity index is 1.25. The third-order valence-corrected chi connectivity index (χ3v) is 6.12. The lowest BCUT2D eigenvalue weighted by Gasteiger charge is -2.23. The van der Waals surface area contributed by atoms with Crippen LogP contribution in [0.2, 0.25) is 0 Å². The molecule has 6 nitrogen and oxygen atoms in total. The van der Waals surface area contributed by atoms with E-state index in [1.165, 1.54) is 24.2 Å². The van der Waals surface area contributed by atoms with Crippen molar-refractivity contribution in [3.63, 3.8) is 0 Å². The molecular formula is C18H25N3O3. The van der Waals surface area contributed by atoms with E-state index >= 15 is 0 Å². The van der Waals surface area contributed by atoms with Crippen molar-refractivity contribution < 1.29 is 14.4 Å². The van der Waals surface area contributed by atoms with E-state index in [0.29, 0.717) is 6.54 Å². The van der Waals surface area contributed by atoms with Crippen LogP contribution < -0.4 is 10.6 Å². The molecule has 3 aliphatic carbocycles. The fourth-order valence-corrected chi connectivity index (χ4v) is 4.95. The molecule has 2 N–H and O–H groups in total. The highest BCUT2D eigenvalue weighted by Gasteiger charge is 2.58. The Labute approximate surface area is 142 Å². The van der Waals surface area contributed by atoms with E-state index in [9.17, 15) is 14.4 Å². The number of carbonyl (C=O) groups is 3. The minimum atomic E-state index is -0.192. The summed E-state index contributed by atoms with van der Waals surface area (Å²) in [6.45, 7) is 0.598. The number of carbonyl (C=O) groups excluding carboxylic acids is 3. The van der Waals surface area contributed by atoms with Crippen LogP contribution in [0.25, 0.3) is 0 Å². The van der Waals surface area contributed by atoms with E-state index in [-0.39, 0.29) is 54.1 Å². The van der Waals surface area contributed by atoms with Crippen LogP contribution in [0.1, 0.15) is 38.5 Å². The maximum Gasteiger partial charge on any atom is 0.315 e. The second-order valence-corrected chi connectivity index (χ2v) is 7.56. The second kappa shape index (κ2) is 6.22. The predicted octanol–water partition coefficient (Wildman–Crippen LogP) is 1.43. The summed E-state index contributed by atoms with van der Waals surface area (Å²) in [6.07, 6.45) is 10.8. The van der Waals surface area contributed by atoms with Gasteiger partial charge in [0.05, 0.1) is 11.8 Å². The summed E-state index contributed by atoms with van der Waals surface area (Å²) in [6, 6.07) is 0.0674. The molecular weight excluding hydrogens is 306 g/mol. The van der Waals surface area contributed by atoms with Crippen LogP contribution in [0, 0.1) is 23.7 Å². The zero-order chi connectivity index (χ0) is 16.7. The molecule has 4 rings (SSSR count). The predicted molar refractivity (Wildman–Crippen MR) is 87.8 cm³/mol. The van der Waals surface area contributed by atoms with Gasteiger partial charge in [-0.1, -0.05) is 31.4 Å². The first-order chi connectivity index (χ1) is 11.6. The summed E-state index contributed by atoms with van der Waals surface area (Å²) in [5.41, 5.74) is 0. The van der Waals surface area contributed by atoms with Crippen molar-refractivity contribution >= 4 is 17.8 Å². The molecule has 130 valence electrons. The van der Waals surface area contributed by atoms with Crippen LogP contribution in [0.4, 0.5) is 4.79 Å². The molecule has 4 aliphatic rings. The Morgan fingerprint density at radius 2 is 1.67 bits per heavy atom. The third kappa shape index (κ3) is 2.62.